The zero-order valence-corrected chi connectivity index (χ0v) is 14.5. The highest BCUT2D eigenvalue weighted by Crippen LogP contribution is 2.31. The van der Waals surface area contributed by atoms with E-state index >= 15 is 0 Å². The van der Waals surface area contributed by atoms with Gasteiger partial charge in [-0.05, 0) is 52.9 Å². The number of hydrogen-bond acceptors (Lipinski definition) is 3. The van der Waals surface area contributed by atoms with Gasteiger partial charge in [0.25, 0.3) is 0 Å². The lowest BCUT2D eigenvalue weighted by Gasteiger charge is -2.09. The van der Waals surface area contributed by atoms with Crippen molar-refractivity contribution < 1.29 is 9.84 Å². The Balaban J connectivity index is 1.62. The van der Waals surface area contributed by atoms with Crippen LogP contribution in [0.4, 0.5) is 0 Å². The minimum atomic E-state index is 0.150. The Hall–Kier alpha value is -3.33. The van der Waals surface area contributed by atoms with Crippen molar-refractivity contribution in [3.05, 3.63) is 90.1 Å². The predicted octanol–water partition coefficient (Wildman–Crippen LogP) is 5.21. The summed E-state index contributed by atoms with van der Waals surface area (Å²) in [5, 5.41) is 10.9. The maximum atomic E-state index is 9.75. The number of nitrogens with zero attached hydrogens (tertiary/aromatic N) is 1. The van der Waals surface area contributed by atoms with Crippen LogP contribution < -0.4 is 4.74 Å². The Morgan fingerprint density at radius 3 is 2.46 bits per heavy atom. The number of benzene rings is 3. The summed E-state index contributed by atoms with van der Waals surface area (Å²) in [6.45, 7) is 0. The largest absolute Gasteiger partial charge is 0.504 e. The van der Waals surface area contributed by atoms with Crippen LogP contribution in [0.5, 0.6) is 11.5 Å². The van der Waals surface area contributed by atoms with Crippen molar-refractivity contribution in [2.24, 2.45) is 0 Å². The SMILES string of the molecule is COc1cc(-c2ccc(Cc3ccnc4ccccc34)cc2)ccc1O. The molecular weight excluding hydrogens is 322 g/mol. The van der Waals surface area contributed by atoms with Crippen LogP contribution in [0, 0.1) is 0 Å². The van der Waals surface area contributed by atoms with Crippen molar-refractivity contribution in [3.8, 4) is 22.6 Å². The zero-order chi connectivity index (χ0) is 17.9. The van der Waals surface area contributed by atoms with E-state index in [1.807, 2.05) is 30.5 Å². The number of aromatic hydroxyl groups is 1. The van der Waals surface area contributed by atoms with Crippen LogP contribution in [0.3, 0.4) is 0 Å². The minimum absolute atomic E-state index is 0.150. The first-order chi connectivity index (χ1) is 12.7. The summed E-state index contributed by atoms with van der Waals surface area (Å²) in [6, 6.07) is 24.2. The second-order valence-corrected chi connectivity index (χ2v) is 6.25. The molecule has 0 aliphatic carbocycles. The van der Waals surface area contributed by atoms with Crippen LogP contribution in [0.2, 0.25) is 0 Å². The molecule has 3 heteroatoms. The van der Waals surface area contributed by atoms with Crippen LogP contribution in [0.25, 0.3) is 22.0 Å². The number of phenols is 1. The molecule has 0 atom stereocenters. The molecule has 1 aromatic heterocycles. The smallest absolute Gasteiger partial charge is 0.161 e. The molecule has 0 aliphatic heterocycles. The quantitative estimate of drug-likeness (QED) is 0.554. The first kappa shape index (κ1) is 16.2. The summed E-state index contributed by atoms with van der Waals surface area (Å²) in [4.78, 5) is 4.43. The van der Waals surface area contributed by atoms with Crippen LogP contribution in [0.15, 0.2) is 79.0 Å². The molecule has 0 aliphatic rings. The summed E-state index contributed by atoms with van der Waals surface area (Å²) < 4.78 is 5.19. The van der Waals surface area contributed by atoms with Gasteiger partial charge in [-0.15, -0.1) is 0 Å². The standard InChI is InChI=1S/C23H19NO2/c1-26-23-15-18(10-11-22(23)25)17-8-6-16(7-9-17)14-19-12-13-24-21-5-3-2-4-20(19)21/h2-13,15,25H,14H2,1H3. The van der Waals surface area contributed by atoms with E-state index in [0.717, 1.165) is 23.1 Å². The van der Waals surface area contributed by atoms with Crippen LogP contribution >= 0.6 is 0 Å². The zero-order valence-electron chi connectivity index (χ0n) is 14.5. The number of hydrogen-bond donors (Lipinski definition) is 1. The molecule has 128 valence electrons. The molecule has 4 aromatic rings. The number of phenolic OH excluding ortho intramolecular Hbond substituents is 1. The van der Waals surface area contributed by atoms with E-state index in [4.69, 9.17) is 4.74 Å². The Morgan fingerprint density at radius 1 is 0.885 bits per heavy atom. The molecule has 0 saturated heterocycles. The van der Waals surface area contributed by atoms with Gasteiger partial charge in [-0.1, -0.05) is 48.5 Å². The molecule has 26 heavy (non-hydrogen) atoms. The first-order valence-corrected chi connectivity index (χ1v) is 8.53. The molecule has 3 aromatic carbocycles. The molecule has 0 bridgehead atoms. The lowest BCUT2D eigenvalue weighted by Crippen LogP contribution is -1.91. The maximum Gasteiger partial charge on any atom is 0.161 e. The summed E-state index contributed by atoms with van der Waals surface area (Å²) in [7, 11) is 1.56. The van der Waals surface area contributed by atoms with Gasteiger partial charge in [0.15, 0.2) is 11.5 Å². The van der Waals surface area contributed by atoms with E-state index in [1.165, 1.54) is 16.5 Å². The molecule has 1 heterocycles. The lowest BCUT2D eigenvalue weighted by atomic mass is 9.98. The average molecular weight is 341 g/mol. The van der Waals surface area contributed by atoms with E-state index < -0.39 is 0 Å². The highest BCUT2D eigenvalue weighted by molar-refractivity contribution is 5.82. The molecule has 4 rings (SSSR count). The third kappa shape index (κ3) is 3.11. The number of aromatic nitrogens is 1. The highest BCUT2D eigenvalue weighted by Gasteiger charge is 2.06. The summed E-state index contributed by atoms with van der Waals surface area (Å²) in [5.41, 5.74) is 5.65. The number of ether oxygens (including phenoxy) is 1. The first-order valence-electron chi connectivity index (χ1n) is 8.53. The normalized spacial score (nSPS) is 10.8. The van der Waals surface area contributed by atoms with E-state index in [0.29, 0.717) is 5.75 Å². The molecule has 0 amide bonds. The average Bonchev–Trinajstić information content (AvgIpc) is 2.69. The number of para-hydroxylation sites is 1. The highest BCUT2D eigenvalue weighted by atomic mass is 16.5. The van der Waals surface area contributed by atoms with E-state index in [1.54, 1.807) is 13.2 Å². The van der Waals surface area contributed by atoms with Gasteiger partial charge in [0.2, 0.25) is 0 Å². The summed E-state index contributed by atoms with van der Waals surface area (Å²) in [5.74, 6) is 0.632. The van der Waals surface area contributed by atoms with Crippen LogP contribution in [0.1, 0.15) is 11.1 Å². The Bertz CT molecular complexity index is 1050. The van der Waals surface area contributed by atoms with Crippen molar-refractivity contribution in [2.45, 2.75) is 6.42 Å². The number of fused-ring (bicyclic) bond motifs is 1. The van der Waals surface area contributed by atoms with Crippen molar-refractivity contribution in [1.29, 1.82) is 0 Å². The molecular formula is C23H19NO2. The second-order valence-electron chi connectivity index (χ2n) is 6.25. The molecule has 3 nitrogen and oxygen atoms in total. The number of methoxy groups -OCH3 is 1. The molecule has 0 unspecified atom stereocenters. The van der Waals surface area contributed by atoms with E-state index in [9.17, 15) is 5.11 Å². The van der Waals surface area contributed by atoms with E-state index in [2.05, 4.69) is 47.4 Å². The lowest BCUT2D eigenvalue weighted by molar-refractivity contribution is 0.373. The molecule has 0 saturated carbocycles. The van der Waals surface area contributed by atoms with Gasteiger partial charge >= 0.3 is 0 Å². The molecule has 0 spiro atoms. The second kappa shape index (κ2) is 6.89. The van der Waals surface area contributed by atoms with Crippen molar-refractivity contribution in [2.75, 3.05) is 7.11 Å². The van der Waals surface area contributed by atoms with Gasteiger partial charge in [-0.2, -0.15) is 0 Å². The fourth-order valence-corrected chi connectivity index (χ4v) is 3.20. The third-order valence-electron chi connectivity index (χ3n) is 4.60. The van der Waals surface area contributed by atoms with Gasteiger partial charge in [0, 0.05) is 11.6 Å². The van der Waals surface area contributed by atoms with Gasteiger partial charge in [-0.3, -0.25) is 4.98 Å². The Labute approximate surface area is 152 Å². The molecule has 0 radical (unpaired) electrons. The topological polar surface area (TPSA) is 42.4 Å². The summed E-state index contributed by atoms with van der Waals surface area (Å²) in [6.07, 6.45) is 2.73. The van der Waals surface area contributed by atoms with Gasteiger partial charge in [-0.25, -0.2) is 0 Å². The maximum absolute atomic E-state index is 9.75. The van der Waals surface area contributed by atoms with Crippen molar-refractivity contribution in [1.82, 2.24) is 4.98 Å². The third-order valence-corrected chi connectivity index (χ3v) is 4.60. The predicted molar refractivity (Wildman–Crippen MR) is 105 cm³/mol. The Morgan fingerprint density at radius 2 is 1.65 bits per heavy atom. The van der Waals surface area contributed by atoms with E-state index in [-0.39, 0.29) is 5.75 Å². The monoisotopic (exact) mass is 341 g/mol. The Kier molecular flexibility index (Phi) is 4.28. The fraction of sp³-hybridized carbons (Fsp3) is 0.0870. The van der Waals surface area contributed by atoms with Crippen LogP contribution in [-0.2, 0) is 6.42 Å². The van der Waals surface area contributed by atoms with Gasteiger partial charge in [0.1, 0.15) is 0 Å². The molecule has 0 fully saturated rings. The number of pyridine rings is 1. The van der Waals surface area contributed by atoms with Gasteiger partial charge in [0.05, 0.1) is 12.6 Å². The van der Waals surface area contributed by atoms with Crippen molar-refractivity contribution >= 4 is 10.9 Å². The minimum Gasteiger partial charge on any atom is -0.504 e. The summed E-state index contributed by atoms with van der Waals surface area (Å²) >= 11 is 0. The van der Waals surface area contributed by atoms with Crippen molar-refractivity contribution in [3.63, 3.8) is 0 Å². The van der Waals surface area contributed by atoms with Crippen LogP contribution in [-0.4, -0.2) is 17.2 Å². The van der Waals surface area contributed by atoms with Gasteiger partial charge < -0.3 is 9.84 Å². The fourth-order valence-electron chi connectivity index (χ4n) is 3.20. The number of rotatable bonds is 4. The molecule has 1 N–H and O–H groups in total.